The topological polar surface area (TPSA) is 57.5 Å². The highest BCUT2D eigenvalue weighted by atomic mass is 16.2. The third kappa shape index (κ3) is 3.98. The second kappa shape index (κ2) is 7.68. The van der Waals surface area contributed by atoms with Crippen LogP contribution in [-0.4, -0.2) is 70.2 Å². The molecule has 1 atom stereocenters. The smallest absolute Gasteiger partial charge is 0.244 e. The number of amides is 1. The average molecular weight is 368 g/mol. The van der Waals surface area contributed by atoms with Crippen LogP contribution in [0.25, 0.3) is 0 Å². The van der Waals surface area contributed by atoms with Crippen LogP contribution in [0.4, 0.5) is 5.69 Å². The average Bonchev–Trinajstić information content (AvgIpc) is 3.33. The largest absolute Gasteiger partial charge is 0.369 e. The number of nitrogens with zero attached hydrogens (tertiary/aromatic N) is 6. The van der Waals surface area contributed by atoms with Crippen molar-refractivity contribution < 1.29 is 4.79 Å². The number of aromatic nitrogens is 3. The van der Waals surface area contributed by atoms with Gasteiger partial charge in [-0.1, -0.05) is 0 Å². The highest BCUT2D eigenvalue weighted by molar-refractivity contribution is 5.76. The molecular formula is C20H28N6O. The summed E-state index contributed by atoms with van der Waals surface area (Å²) in [4.78, 5) is 24.4. The van der Waals surface area contributed by atoms with Crippen LogP contribution in [0.5, 0.6) is 0 Å². The lowest BCUT2D eigenvalue weighted by atomic mass is 10.1. The van der Waals surface area contributed by atoms with Gasteiger partial charge in [0.2, 0.25) is 5.91 Å². The Morgan fingerprint density at radius 2 is 2.00 bits per heavy atom. The number of anilines is 1. The summed E-state index contributed by atoms with van der Waals surface area (Å²) >= 11 is 0. The molecule has 4 heterocycles. The molecule has 0 aromatic carbocycles. The van der Waals surface area contributed by atoms with E-state index in [4.69, 9.17) is 4.98 Å². The van der Waals surface area contributed by atoms with Crippen LogP contribution in [0.3, 0.4) is 0 Å². The molecule has 0 saturated carbocycles. The number of hydrogen-bond donors (Lipinski definition) is 0. The van der Waals surface area contributed by atoms with Crippen LogP contribution in [0.2, 0.25) is 0 Å². The summed E-state index contributed by atoms with van der Waals surface area (Å²) in [5.74, 6) is 0.116. The summed E-state index contributed by atoms with van der Waals surface area (Å²) in [6.45, 7) is 7.36. The van der Waals surface area contributed by atoms with Crippen LogP contribution in [0.1, 0.15) is 30.3 Å². The number of aryl methyl sites for hydroxylation is 1. The second-order valence-electron chi connectivity index (χ2n) is 7.63. The summed E-state index contributed by atoms with van der Waals surface area (Å²) < 4.78 is 1.69. The lowest BCUT2D eigenvalue weighted by Gasteiger charge is -2.34. The van der Waals surface area contributed by atoms with E-state index in [1.807, 2.05) is 24.1 Å². The third-order valence-electron chi connectivity index (χ3n) is 5.60. The van der Waals surface area contributed by atoms with Gasteiger partial charge in [-0.25, -0.2) is 0 Å². The Hall–Kier alpha value is -2.41. The zero-order valence-electron chi connectivity index (χ0n) is 16.2. The van der Waals surface area contributed by atoms with E-state index in [0.717, 1.165) is 57.0 Å². The van der Waals surface area contributed by atoms with Gasteiger partial charge in [-0.2, -0.15) is 5.10 Å². The van der Waals surface area contributed by atoms with Crippen molar-refractivity contribution in [1.82, 2.24) is 24.6 Å². The first-order valence-corrected chi connectivity index (χ1v) is 9.79. The molecule has 2 saturated heterocycles. The minimum absolute atomic E-state index is 0.0687. The molecule has 144 valence electrons. The summed E-state index contributed by atoms with van der Waals surface area (Å²) in [5, 5.41) is 4.16. The summed E-state index contributed by atoms with van der Waals surface area (Å²) in [7, 11) is 2.17. The molecule has 2 aliphatic rings. The van der Waals surface area contributed by atoms with Crippen molar-refractivity contribution in [2.45, 2.75) is 32.4 Å². The number of likely N-dealkylation sites (tertiary alicyclic amines) is 1. The highest BCUT2D eigenvalue weighted by Gasteiger charge is 2.31. The Labute approximate surface area is 160 Å². The quantitative estimate of drug-likeness (QED) is 0.822. The summed E-state index contributed by atoms with van der Waals surface area (Å²) in [5.41, 5.74) is 3.28. The van der Waals surface area contributed by atoms with E-state index in [1.165, 1.54) is 5.69 Å². The van der Waals surface area contributed by atoms with Crippen molar-refractivity contribution in [3.8, 4) is 0 Å². The Morgan fingerprint density at radius 1 is 1.19 bits per heavy atom. The van der Waals surface area contributed by atoms with E-state index in [1.54, 1.807) is 10.9 Å². The molecule has 0 spiro atoms. The fourth-order valence-electron chi connectivity index (χ4n) is 4.09. The zero-order chi connectivity index (χ0) is 18.8. The van der Waals surface area contributed by atoms with Crippen LogP contribution >= 0.6 is 0 Å². The molecule has 2 aromatic heterocycles. The maximum absolute atomic E-state index is 12.8. The fraction of sp³-hybridized carbons (Fsp3) is 0.550. The standard InChI is InChI=1S/C20H28N6O/c1-16-13-17(24-11-9-23(2)10-12-24)14-18(22-16)19-5-3-8-26(19)20(27)15-25-7-4-6-21-25/h4,6-7,13-14,19H,3,5,8-12,15H2,1-2H3/t19-/m0/s1. The molecule has 2 aliphatic heterocycles. The predicted molar refractivity (Wildman–Crippen MR) is 105 cm³/mol. The first-order valence-electron chi connectivity index (χ1n) is 9.79. The predicted octanol–water partition coefficient (Wildman–Crippen LogP) is 1.70. The lowest BCUT2D eigenvalue weighted by Crippen LogP contribution is -2.44. The Bertz CT molecular complexity index is 782. The molecular weight excluding hydrogens is 340 g/mol. The molecule has 1 amide bonds. The van der Waals surface area contributed by atoms with E-state index in [9.17, 15) is 4.79 Å². The number of likely N-dealkylation sites (N-methyl/N-ethyl adjacent to an activating group) is 1. The van der Waals surface area contributed by atoms with E-state index in [0.29, 0.717) is 6.54 Å². The van der Waals surface area contributed by atoms with Crippen molar-refractivity contribution in [1.29, 1.82) is 0 Å². The van der Waals surface area contributed by atoms with Gasteiger partial charge in [0.15, 0.2) is 0 Å². The summed E-state index contributed by atoms with van der Waals surface area (Å²) in [6.07, 6.45) is 5.54. The van der Waals surface area contributed by atoms with Crippen molar-refractivity contribution in [2.24, 2.45) is 0 Å². The highest BCUT2D eigenvalue weighted by Crippen LogP contribution is 2.33. The van der Waals surface area contributed by atoms with E-state index >= 15 is 0 Å². The number of pyridine rings is 1. The van der Waals surface area contributed by atoms with Crippen LogP contribution in [-0.2, 0) is 11.3 Å². The van der Waals surface area contributed by atoms with Crippen molar-refractivity contribution in [3.05, 3.63) is 42.0 Å². The van der Waals surface area contributed by atoms with Crippen molar-refractivity contribution >= 4 is 11.6 Å². The van der Waals surface area contributed by atoms with E-state index < -0.39 is 0 Å². The molecule has 7 nitrogen and oxygen atoms in total. The van der Waals surface area contributed by atoms with E-state index in [2.05, 4.69) is 34.1 Å². The molecule has 0 aliphatic carbocycles. The first kappa shape index (κ1) is 18.0. The van der Waals surface area contributed by atoms with Crippen LogP contribution < -0.4 is 4.90 Å². The second-order valence-corrected chi connectivity index (χ2v) is 7.63. The number of carbonyl (C=O) groups is 1. The number of hydrogen-bond acceptors (Lipinski definition) is 5. The maximum atomic E-state index is 12.8. The molecule has 27 heavy (non-hydrogen) atoms. The minimum Gasteiger partial charge on any atom is -0.369 e. The number of piperazine rings is 1. The molecule has 0 bridgehead atoms. The Morgan fingerprint density at radius 3 is 2.74 bits per heavy atom. The van der Waals surface area contributed by atoms with Crippen LogP contribution in [0.15, 0.2) is 30.6 Å². The van der Waals surface area contributed by atoms with E-state index in [-0.39, 0.29) is 11.9 Å². The minimum atomic E-state index is 0.0687. The number of carbonyl (C=O) groups excluding carboxylic acids is 1. The van der Waals surface area contributed by atoms with Gasteiger partial charge in [0.25, 0.3) is 0 Å². The summed E-state index contributed by atoms with van der Waals surface area (Å²) in [6, 6.07) is 6.28. The van der Waals surface area contributed by atoms with Crippen molar-refractivity contribution in [2.75, 3.05) is 44.7 Å². The SMILES string of the molecule is Cc1cc(N2CCN(C)CC2)cc([C@@H]2CCCN2C(=O)Cn2cccn2)n1. The molecule has 0 radical (unpaired) electrons. The van der Waals surface area contributed by atoms with Gasteiger partial charge in [-0.05, 0) is 45.0 Å². The lowest BCUT2D eigenvalue weighted by molar-refractivity contribution is -0.133. The molecule has 4 rings (SSSR count). The Kier molecular flexibility index (Phi) is 5.11. The molecule has 2 aromatic rings. The first-order chi connectivity index (χ1) is 13.1. The zero-order valence-corrected chi connectivity index (χ0v) is 16.2. The maximum Gasteiger partial charge on any atom is 0.244 e. The van der Waals surface area contributed by atoms with Gasteiger partial charge < -0.3 is 14.7 Å². The normalized spacial score (nSPS) is 21.0. The molecule has 0 N–H and O–H groups in total. The van der Waals surface area contributed by atoms with Gasteiger partial charge in [0.05, 0.1) is 11.7 Å². The van der Waals surface area contributed by atoms with Gasteiger partial charge in [0, 0.05) is 56.5 Å². The molecule has 2 fully saturated rings. The molecule has 0 unspecified atom stereocenters. The molecule has 7 heteroatoms. The number of rotatable bonds is 4. The monoisotopic (exact) mass is 368 g/mol. The third-order valence-corrected chi connectivity index (χ3v) is 5.60. The van der Waals surface area contributed by atoms with Crippen molar-refractivity contribution in [3.63, 3.8) is 0 Å². The van der Waals surface area contributed by atoms with Gasteiger partial charge in [-0.15, -0.1) is 0 Å². The van der Waals surface area contributed by atoms with Gasteiger partial charge >= 0.3 is 0 Å². The van der Waals surface area contributed by atoms with Gasteiger partial charge in [-0.3, -0.25) is 14.5 Å². The fourth-order valence-corrected chi connectivity index (χ4v) is 4.09. The van der Waals surface area contributed by atoms with Gasteiger partial charge in [0.1, 0.15) is 6.54 Å². The Balaban J connectivity index is 1.53. The van der Waals surface area contributed by atoms with Crippen LogP contribution in [0, 0.1) is 6.92 Å².